The van der Waals surface area contributed by atoms with Crippen molar-refractivity contribution in [1.29, 1.82) is 0 Å². The number of nitrogens with two attached hydrogens (primary N) is 1. The number of aromatic nitrogens is 1. The summed E-state index contributed by atoms with van der Waals surface area (Å²) in [6, 6.07) is 0. The van der Waals surface area contributed by atoms with Gasteiger partial charge in [0.1, 0.15) is 0 Å². The Morgan fingerprint density at radius 3 is 2.93 bits per heavy atom. The van der Waals surface area contributed by atoms with Gasteiger partial charge in [-0.3, -0.25) is 0 Å². The highest BCUT2D eigenvalue weighted by Crippen LogP contribution is 2.30. The van der Waals surface area contributed by atoms with Crippen molar-refractivity contribution in [3.05, 3.63) is 16.1 Å². The number of aryl methyl sites for hydroxylation is 1. The maximum atomic E-state index is 6.35. The first-order valence-electron chi connectivity index (χ1n) is 5.56. The lowest BCUT2D eigenvalue weighted by molar-refractivity contribution is 0.0509. The van der Waals surface area contributed by atoms with Crippen molar-refractivity contribution in [2.24, 2.45) is 5.73 Å². The van der Waals surface area contributed by atoms with E-state index in [-0.39, 0.29) is 5.54 Å². The highest BCUT2D eigenvalue weighted by Gasteiger charge is 2.32. The molecule has 2 N–H and O–H groups in total. The molecule has 1 aliphatic heterocycles. The molecule has 0 aliphatic carbocycles. The minimum absolute atomic E-state index is 0.235. The Kier molecular flexibility index (Phi) is 3.38. The molecule has 0 spiro atoms. The fourth-order valence-corrected chi connectivity index (χ4v) is 2.87. The van der Waals surface area contributed by atoms with Gasteiger partial charge in [-0.1, -0.05) is 6.92 Å². The van der Waals surface area contributed by atoms with Gasteiger partial charge in [0.15, 0.2) is 0 Å². The Labute approximate surface area is 94.7 Å². The molecule has 0 bridgehead atoms. The Morgan fingerprint density at radius 1 is 1.53 bits per heavy atom. The van der Waals surface area contributed by atoms with Crippen LogP contribution in [0.15, 0.2) is 5.38 Å². The minimum atomic E-state index is -0.235. The molecule has 1 saturated heterocycles. The van der Waals surface area contributed by atoms with Crippen molar-refractivity contribution in [2.45, 2.75) is 38.1 Å². The lowest BCUT2D eigenvalue weighted by Crippen LogP contribution is -2.42. The Hall–Kier alpha value is -0.450. The van der Waals surface area contributed by atoms with Crippen molar-refractivity contribution in [3.8, 4) is 0 Å². The molecule has 4 heteroatoms. The van der Waals surface area contributed by atoms with Crippen molar-refractivity contribution < 1.29 is 4.74 Å². The molecule has 0 aromatic carbocycles. The van der Waals surface area contributed by atoms with Crippen molar-refractivity contribution >= 4 is 11.3 Å². The van der Waals surface area contributed by atoms with Crippen LogP contribution in [0.5, 0.6) is 0 Å². The number of thiazole rings is 1. The number of nitrogens with zero attached hydrogens (tertiary/aromatic N) is 1. The fourth-order valence-electron chi connectivity index (χ4n) is 1.86. The van der Waals surface area contributed by atoms with Crippen molar-refractivity contribution in [1.82, 2.24) is 4.98 Å². The van der Waals surface area contributed by atoms with Gasteiger partial charge < -0.3 is 10.5 Å². The summed E-state index contributed by atoms with van der Waals surface area (Å²) in [7, 11) is 0. The first kappa shape index (κ1) is 11.0. The van der Waals surface area contributed by atoms with Gasteiger partial charge in [-0.2, -0.15) is 0 Å². The van der Waals surface area contributed by atoms with Gasteiger partial charge in [0.2, 0.25) is 0 Å². The molecule has 1 aliphatic rings. The first-order chi connectivity index (χ1) is 7.24. The van der Waals surface area contributed by atoms with E-state index >= 15 is 0 Å². The van der Waals surface area contributed by atoms with Gasteiger partial charge >= 0.3 is 0 Å². The number of hydrogen-bond donors (Lipinski definition) is 1. The normalized spacial score (nSPS) is 20.4. The summed E-state index contributed by atoms with van der Waals surface area (Å²) in [5.74, 6) is 0. The van der Waals surface area contributed by atoms with Crippen LogP contribution in [0.4, 0.5) is 0 Å². The molecule has 0 radical (unpaired) electrons. The molecule has 0 unspecified atom stereocenters. The molecule has 1 fully saturated rings. The molecule has 1 aromatic heterocycles. The zero-order valence-electron chi connectivity index (χ0n) is 9.16. The van der Waals surface area contributed by atoms with E-state index in [0.717, 1.165) is 44.6 Å². The van der Waals surface area contributed by atoms with E-state index in [9.17, 15) is 0 Å². The van der Waals surface area contributed by atoms with Crippen LogP contribution in [0.1, 0.15) is 36.9 Å². The standard InChI is InChI=1S/C11H18N2OS/c1-2-3-10-13-9(8-15-10)11(12)4-6-14-7-5-11/h8H,2-7,12H2,1H3. The molecule has 15 heavy (non-hydrogen) atoms. The van der Waals surface area contributed by atoms with E-state index in [1.807, 2.05) is 0 Å². The largest absolute Gasteiger partial charge is 0.381 e. The molecule has 0 amide bonds. The zero-order chi connectivity index (χ0) is 10.7. The van der Waals surface area contributed by atoms with Gasteiger partial charge in [-0.25, -0.2) is 4.98 Å². The second-order valence-corrected chi connectivity index (χ2v) is 5.09. The van der Waals surface area contributed by atoms with Crippen LogP contribution in [-0.4, -0.2) is 18.2 Å². The summed E-state index contributed by atoms with van der Waals surface area (Å²) in [6.07, 6.45) is 4.00. The van der Waals surface area contributed by atoms with Gasteiger partial charge in [-0.15, -0.1) is 11.3 Å². The van der Waals surface area contributed by atoms with Crippen LogP contribution < -0.4 is 5.73 Å². The molecule has 0 atom stereocenters. The van der Waals surface area contributed by atoms with Gasteiger partial charge in [0.05, 0.1) is 16.2 Å². The second kappa shape index (κ2) is 4.60. The zero-order valence-corrected chi connectivity index (χ0v) is 9.98. The molecular formula is C11H18N2OS. The Bertz CT molecular complexity index is 318. The third kappa shape index (κ3) is 2.38. The Balaban J connectivity index is 2.12. The SMILES string of the molecule is CCCc1nc(C2(N)CCOCC2)cs1. The molecule has 1 aromatic rings. The Morgan fingerprint density at radius 2 is 2.27 bits per heavy atom. The van der Waals surface area contributed by atoms with E-state index in [1.54, 1.807) is 11.3 Å². The number of ether oxygens (including phenoxy) is 1. The summed E-state index contributed by atoms with van der Waals surface area (Å²) in [4.78, 5) is 4.63. The summed E-state index contributed by atoms with van der Waals surface area (Å²) in [6.45, 7) is 3.70. The molecule has 2 heterocycles. The summed E-state index contributed by atoms with van der Waals surface area (Å²) in [5, 5.41) is 3.33. The van der Waals surface area contributed by atoms with Crippen molar-refractivity contribution in [2.75, 3.05) is 13.2 Å². The summed E-state index contributed by atoms with van der Waals surface area (Å²) >= 11 is 1.73. The fraction of sp³-hybridized carbons (Fsp3) is 0.727. The van der Waals surface area contributed by atoms with Gasteiger partial charge in [0, 0.05) is 18.6 Å². The van der Waals surface area contributed by atoms with Crippen molar-refractivity contribution in [3.63, 3.8) is 0 Å². The third-order valence-corrected chi connectivity index (χ3v) is 3.82. The summed E-state index contributed by atoms with van der Waals surface area (Å²) < 4.78 is 5.34. The predicted octanol–water partition coefficient (Wildman–Crippen LogP) is 2.06. The maximum absolute atomic E-state index is 6.35. The number of hydrogen-bond acceptors (Lipinski definition) is 4. The van der Waals surface area contributed by atoms with Crippen LogP contribution in [0, 0.1) is 0 Å². The molecular weight excluding hydrogens is 208 g/mol. The molecule has 84 valence electrons. The predicted molar refractivity (Wildman–Crippen MR) is 62.0 cm³/mol. The van der Waals surface area contributed by atoms with Crippen LogP contribution in [0.3, 0.4) is 0 Å². The highest BCUT2D eigenvalue weighted by atomic mass is 32.1. The van der Waals surface area contributed by atoms with Crippen LogP contribution in [0.2, 0.25) is 0 Å². The van der Waals surface area contributed by atoms with Gasteiger partial charge in [0.25, 0.3) is 0 Å². The lowest BCUT2D eigenvalue weighted by atomic mass is 9.88. The van der Waals surface area contributed by atoms with E-state index in [4.69, 9.17) is 10.5 Å². The lowest BCUT2D eigenvalue weighted by Gasteiger charge is -2.31. The maximum Gasteiger partial charge on any atom is 0.0929 e. The van der Waals surface area contributed by atoms with Gasteiger partial charge in [-0.05, 0) is 25.7 Å². The van der Waals surface area contributed by atoms with Crippen LogP contribution >= 0.6 is 11.3 Å². The highest BCUT2D eigenvalue weighted by molar-refractivity contribution is 7.09. The van der Waals surface area contributed by atoms with E-state index in [1.165, 1.54) is 5.01 Å². The minimum Gasteiger partial charge on any atom is -0.381 e. The second-order valence-electron chi connectivity index (χ2n) is 4.14. The summed E-state index contributed by atoms with van der Waals surface area (Å²) in [5.41, 5.74) is 7.19. The third-order valence-electron chi connectivity index (χ3n) is 2.91. The quantitative estimate of drug-likeness (QED) is 0.858. The average molecular weight is 226 g/mol. The first-order valence-corrected chi connectivity index (χ1v) is 6.44. The average Bonchev–Trinajstić information content (AvgIpc) is 2.69. The topological polar surface area (TPSA) is 48.1 Å². The van der Waals surface area contributed by atoms with Crippen LogP contribution in [0.25, 0.3) is 0 Å². The molecule has 0 saturated carbocycles. The monoisotopic (exact) mass is 226 g/mol. The molecule has 3 nitrogen and oxygen atoms in total. The smallest absolute Gasteiger partial charge is 0.0929 e. The number of rotatable bonds is 3. The van der Waals surface area contributed by atoms with E-state index in [2.05, 4.69) is 17.3 Å². The molecule has 2 rings (SSSR count). The van der Waals surface area contributed by atoms with E-state index < -0.39 is 0 Å². The van der Waals surface area contributed by atoms with Crippen LogP contribution in [-0.2, 0) is 16.7 Å². The van der Waals surface area contributed by atoms with E-state index in [0.29, 0.717) is 0 Å².